The number of fused-ring (bicyclic) bond motifs is 2. The van der Waals surface area contributed by atoms with Gasteiger partial charge in [-0.25, -0.2) is 9.18 Å². The van der Waals surface area contributed by atoms with E-state index in [4.69, 9.17) is 11.6 Å². The minimum absolute atomic E-state index is 0.126. The van der Waals surface area contributed by atoms with Crippen LogP contribution in [0.25, 0.3) is 0 Å². The number of hydrogen-bond donors (Lipinski definition) is 2. The molecule has 0 saturated carbocycles. The summed E-state index contributed by atoms with van der Waals surface area (Å²) >= 11 is 6.14. The number of nitrogens with zero attached hydrogens (tertiary/aromatic N) is 3. The molecule has 1 fully saturated rings. The molecule has 1 amide bonds. The zero-order valence-corrected chi connectivity index (χ0v) is 15.9. The first-order valence-electron chi connectivity index (χ1n) is 8.97. The second-order valence-electron chi connectivity index (χ2n) is 7.03. The summed E-state index contributed by atoms with van der Waals surface area (Å²) in [6.45, 7) is 1.26. The topological polar surface area (TPSA) is 103 Å². The lowest BCUT2D eigenvalue weighted by Gasteiger charge is -2.47. The quantitative estimate of drug-likeness (QED) is 0.782. The van der Waals surface area contributed by atoms with E-state index in [1.807, 2.05) is 4.90 Å². The molecule has 0 aliphatic carbocycles. The molecule has 10 heteroatoms. The van der Waals surface area contributed by atoms with E-state index >= 15 is 0 Å². The summed E-state index contributed by atoms with van der Waals surface area (Å²) in [7, 11) is 0. The molecule has 2 aromatic rings. The zero-order chi connectivity index (χ0) is 20.9. The summed E-state index contributed by atoms with van der Waals surface area (Å²) in [4.78, 5) is 39.8. The monoisotopic (exact) mass is 421 g/mol. The summed E-state index contributed by atoms with van der Waals surface area (Å²) < 4.78 is 15.5. The first-order chi connectivity index (χ1) is 13.8. The Bertz CT molecular complexity index is 1070. The maximum absolute atomic E-state index is 14.3. The number of carboxylic acid groups (broad SMARTS) is 1. The van der Waals surface area contributed by atoms with Crippen LogP contribution >= 0.6 is 11.6 Å². The number of halogens is 2. The molecule has 4 rings (SSSR count). The smallest absolute Gasteiger partial charge is 0.341 e. The first kappa shape index (κ1) is 19.4. The standard InChI is InChI=1S/C19H17ClFN3O5/c20-12-3-1-4-13(21)10(12)7-22-5-2-6-24-14(22)9-23-8-11(19(28)29)16(25)17(26)15(23)18(24)27/h1,3-4,8,14,26H,2,5-7,9H2,(H,28,29). The number of rotatable bonds is 3. The SMILES string of the molecule is O=C(O)c1cn2c(c(O)c1=O)C(=O)N1CCCN(Cc3c(F)cccc3Cl)C1C2. The molecule has 152 valence electrons. The van der Waals surface area contributed by atoms with E-state index in [0.29, 0.717) is 25.1 Å². The predicted molar refractivity (Wildman–Crippen MR) is 101 cm³/mol. The van der Waals surface area contributed by atoms with Gasteiger partial charge in [0.25, 0.3) is 5.91 Å². The third-order valence-corrected chi connectivity index (χ3v) is 5.71. The normalized spacial score (nSPS) is 19.0. The highest BCUT2D eigenvalue weighted by Crippen LogP contribution is 2.30. The molecule has 1 aromatic heterocycles. The van der Waals surface area contributed by atoms with E-state index < -0.39 is 40.6 Å². The summed E-state index contributed by atoms with van der Waals surface area (Å²) in [6, 6.07) is 4.41. The summed E-state index contributed by atoms with van der Waals surface area (Å²) in [5.41, 5.74) is -1.64. The van der Waals surface area contributed by atoms with Crippen LogP contribution in [0.4, 0.5) is 4.39 Å². The number of pyridine rings is 1. The average molecular weight is 422 g/mol. The largest absolute Gasteiger partial charge is 0.503 e. The Balaban J connectivity index is 1.74. The van der Waals surface area contributed by atoms with Gasteiger partial charge >= 0.3 is 5.97 Å². The summed E-state index contributed by atoms with van der Waals surface area (Å²) in [5, 5.41) is 19.7. The van der Waals surface area contributed by atoms with Crippen LogP contribution in [-0.4, -0.2) is 55.7 Å². The number of benzene rings is 1. The van der Waals surface area contributed by atoms with Gasteiger partial charge in [-0.15, -0.1) is 0 Å². The van der Waals surface area contributed by atoms with Crippen LogP contribution in [-0.2, 0) is 13.1 Å². The van der Waals surface area contributed by atoms with Crippen molar-refractivity contribution in [1.29, 1.82) is 0 Å². The van der Waals surface area contributed by atoms with E-state index in [0.717, 1.165) is 6.20 Å². The van der Waals surface area contributed by atoms with Gasteiger partial charge in [-0.05, 0) is 18.6 Å². The average Bonchev–Trinajstić information content (AvgIpc) is 2.67. The lowest BCUT2D eigenvalue weighted by molar-refractivity contribution is -0.0144. The Morgan fingerprint density at radius 1 is 1.28 bits per heavy atom. The lowest BCUT2D eigenvalue weighted by Crippen LogP contribution is -2.60. The molecule has 0 radical (unpaired) electrons. The molecular weight excluding hydrogens is 405 g/mol. The number of hydrogen-bond acceptors (Lipinski definition) is 5. The van der Waals surface area contributed by atoms with Gasteiger partial charge < -0.3 is 19.7 Å². The molecule has 8 nitrogen and oxygen atoms in total. The van der Waals surface area contributed by atoms with E-state index in [2.05, 4.69) is 0 Å². The molecule has 2 aliphatic rings. The van der Waals surface area contributed by atoms with Gasteiger partial charge in [-0.3, -0.25) is 14.5 Å². The molecule has 0 spiro atoms. The van der Waals surface area contributed by atoms with Gasteiger partial charge in [0.15, 0.2) is 11.4 Å². The molecule has 1 aromatic carbocycles. The van der Waals surface area contributed by atoms with E-state index in [9.17, 15) is 29.0 Å². The second-order valence-corrected chi connectivity index (χ2v) is 7.44. The molecule has 1 unspecified atom stereocenters. The van der Waals surface area contributed by atoms with Crippen molar-refractivity contribution in [3.8, 4) is 5.75 Å². The molecule has 2 N–H and O–H groups in total. The van der Waals surface area contributed by atoms with E-state index in [1.165, 1.54) is 21.6 Å². The number of carboxylic acids is 1. The van der Waals surface area contributed by atoms with Crippen molar-refractivity contribution >= 4 is 23.5 Å². The fourth-order valence-electron chi connectivity index (χ4n) is 3.94. The molecule has 1 saturated heterocycles. The highest BCUT2D eigenvalue weighted by Gasteiger charge is 2.40. The minimum Gasteiger partial charge on any atom is -0.503 e. The summed E-state index contributed by atoms with van der Waals surface area (Å²) in [6.07, 6.45) is 1.19. The number of aromatic carboxylic acids is 1. The van der Waals surface area contributed by atoms with E-state index in [1.54, 1.807) is 6.07 Å². The van der Waals surface area contributed by atoms with Crippen molar-refractivity contribution in [1.82, 2.24) is 14.4 Å². The van der Waals surface area contributed by atoms with Crippen molar-refractivity contribution in [2.75, 3.05) is 13.1 Å². The van der Waals surface area contributed by atoms with Crippen molar-refractivity contribution in [2.45, 2.75) is 25.7 Å². The highest BCUT2D eigenvalue weighted by molar-refractivity contribution is 6.31. The van der Waals surface area contributed by atoms with Gasteiger partial charge in [0, 0.05) is 36.4 Å². The third-order valence-electron chi connectivity index (χ3n) is 5.36. The van der Waals surface area contributed by atoms with Crippen molar-refractivity contribution in [3.05, 3.63) is 62.3 Å². The van der Waals surface area contributed by atoms with Crippen molar-refractivity contribution < 1.29 is 24.2 Å². The van der Waals surface area contributed by atoms with Crippen molar-refractivity contribution in [2.24, 2.45) is 0 Å². The Morgan fingerprint density at radius 2 is 2.03 bits per heavy atom. The predicted octanol–water partition coefficient (Wildman–Crippen LogP) is 1.73. The van der Waals surface area contributed by atoms with Crippen LogP contribution in [0.2, 0.25) is 5.02 Å². The van der Waals surface area contributed by atoms with Crippen molar-refractivity contribution in [3.63, 3.8) is 0 Å². The fraction of sp³-hybridized carbons (Fsp3) is 0.316. The number of carbonyl (C=O) groups excluding carboxylic acids is 1. The molecule has 29 heavy (non-hydrogen) atoms. The van der Waals surface area contributed by atoms with Gasteiger partial charge in [-0.1, -0.05) is 17.7 Å². The highest BCUT2D eigenvalue weighted by atomic mass is 35.5. The zero-order valence-electron chi connectivity index (χ0n) is 15.1. The van der Waals surface area contributed by atoms with Crippen LogP contribution in [0, 0.1) is 5.82 Å². The van der Waals surface area contributed by atoms with Gasteiger partial charge in [0.05, 0.1) is 6.54 Å². The maximum Gasteiger partial charge on any atom is 0.341 e. The Labute approximate surface area is 169 Å². The van der Waals surface area contributed by atoms with Crippen LogP contribution in [0.1, 0.15) is 32.8 Å². The Kier molecular flexibility index (Phi) is 4.79. The number of aromatic nitrogens is 1. The molecule has 1 atom stereocenters. The van der Waals surface area contributed by atoms with Gasteiger partial charge in [0.2, 0.25) is 5.43 Å². The molecule has 2 aliphatic heterocycles. The molecule has 3 heterocycles. The Morgan fingerprint density at radius 3 is 2.72 bits per heavy atom. The molecule has 0 bridgehead atoms. The van der Waals surface area contributed by atoms with Crippen LogP contribution in [0.15, 0.2) is 29.2 Å². The van der Waals surface area contributed by atoms with Gasteiger partial charge in [0.1, 0.15) is 17.5 Å². The summed E-state index contributed by atoms with van der Waals surface area (Å²) in [5.74, 6) is -3.39. The van der Waals surface area contributed by atoms with Crippen LogP contribution in [0.5, 0.6) is 5.75 Å². The minimum atomic E-state index is -1.49. The lowest BCUT2D eigenvalue weighted by atomic mass is 10.1. The van der Waals surface area contributed by atoms with Crippen LogP contribution < -0.4 is 5.43 Å². The second kappa shape index (κ2) is 7.16. The number of carbonyl (C=O) groups is 2. The Hall–Kier alpha value is -2.91. The number of amides is 1. The molecular formula is C19H17ClFN3O5. The van der Waals surface area contributed by atoms with E-state index in [-0.39, 0.29) is 23.8 Å². The number of aromatic hydroxyl groups is 1. The van der Waals surface area contributed by atoms with Crippen LogP contribution in [0.3, 0.4) is 0 Å². The maximum atomic E-state index is 14.3. The van der Waals surface area contributed by atoms with Gasteiger partial charge in [-0.2, -0.15) is 0 Å². The third kappa shape index (κ3) is 3.16. The fourth-order valence-corrected chi connectivity index (χ4v) is 4.17. The first-order valence-corrected chi connectivity index (χ1v) is 9.35.